The molecule has 1 aliphatic heterocycles. The van der Waals surface area contributed by atoms with Crippen molar-refractivity contribution in [2.24, 2.45) is 0 Å². The number of nitrogens with zero attached hydrogens (tertiary/aromatic N) is 1. The number of ether oxygens (including phenoxy) is 2. The first-order valence-electron chi connectivity index (χ1n) is 10.8. The molecule has 0 spiro atoms. The smallest absolute Gasteiger partial charge is 0.444 e. The second kappa shape index (κ2) is 9.08. The van der Waals surface area contributed by atoms with Gasteiger partial charge in [-0.25, -0.2) is 9.18 Å². The van der Waals surface area contributed by atoms with E-state index in [9.17, 15) is 9.18 Å². The lowest BCUT2D eigenvalue weighted by Gasteiger charge is -2.43. The second-order valence-corrected chi connectivity index (χ2v) is 10.2. The van der Waals surface area contributed by atoms with Gasteiger partial charge in [0.05, 0.1) is 11.2 Å². The number of carbonyl (C=O) groups is 1. The van der Waals surface area contributed by atoms with Crippen LogP contribution in [0.4, 0.5) is 9.18 Å². The highest BCUT2D eigenvalue weighted by Crippen LogP contribution is 2.45. The first-order chi connectivity index (χ1) is 14.1. The molecule has 0 aliphatic carbocycles. The van der Waals surface area contributed by atoms with Crippen molar-refractivity contribution in [2.75, 3.05) is 20.3 Å². The minimum Gasteiger partial charge on any atom is -0.444 e. The van der Waals surface area contributed by atoms with Crippen LogP contribution in [0.5, 0.6) is 0 Å². The number of hydrogen-bond acceptors (Lipinski definition) is 5. The Morgan fingerprint density at radius 3 is 2.03 bits per heavy atom. The van der Waals surface area contributed by atoms with Crippen molar-refractivity contribution >= 4 is 13.2 Å². The molecule has 174 valence electrons. The minimum absolute atomic E-state index is 0.348. The molecule has 1 atom stereocenters. The molecule has 0 aromatic heterocycles. The van der Waals surface area contributed by atoms with Crippen molar-refractivity contribution in [1.29, 1.82) is 0 Å². The van der Waals surface area contributed by atoms with E-state index in [0.29, 0.717) is 25.1 Å². The van der Waals surface area contributed by atoms with E-state index in [0.717, 1.165) is 0 Å². The molecule has 1 aromatic carbocycles. The van der Waals surface area contributed by atoms with E-state index in [1.54, 1.807) is 24.1 Å². The van der Waals surface area contributed by atoms with Crippen LogP contribution >= 0.6 is 0 Å². The van der Waals surface area contributed by atoms with Crippen LogP contribution < -0.4 is 0 Å². The summed E-state index contributed by atoms with van der Waals surface area (Å²) in [7, 11) is 0.823. The molecule has 2 rings (SSSR count). The Labute approximate surface area is 186 Å². The van der Waals surface area contributed by atoms with Crippen molar-refractivity contribution in [1.82, 2.24) is 4.90 Å². The van der Waals surface area contributed by atoms with Crippen LogP contribution in [0.1, 0.15) is 67.4 Å². The maximum Gasteiger partial charge on any atom is 0.490 e. The van der Waals surface area contributed by atoms with Crippen LogP contribution in [0.15, 0.2) is 24.3 Å². The first kappa shape index (κ1) is 25.6. The van der Waals surface area contributed by atoms with Crippen molar-refractivity contribution in [3.8, 4) is 0 Å². The third-order valence-electron chi connectivity index (χ3n) is 6.05. The summed E-state index contributed by atoms with van der Waals surface area (Å²) >= 11 is 0. The summed E-state index contributed by atoms with van der Waals surface area (Å²) in [5.41, 5.74) is -2.28. The summed E-state index contributed by atoms with van der Waals surface area (Å²) in [6, 6.07) is 6.07. The molecule has 1 fully saturated rings. The maximum absolute atomic E-state index is 13.7. The molecule has 0 unspecified atom stereocenters. The van der Waals surface area contributed by atoms with Crippen molar-refractivity contribution in [2.45, 2.75) is 84.1 Å². The molecule has 31 heavy (non-hydrogen) atoms. The van der Waals surface area contributed by atoms with Crippen molar-refractivity contribution < 1.29 is 28.0 Å². The Morgan fingerprint density at radius 2 is 1.58 bits per heavy atom. The highest BCUT2D eigenvalue weighted by molar-refractivity contribution is 6.49. The maximum atomic E-state index is 13.7. The lowest BCUT2D eigenvalue weighted by atomic mass is 9.60. The molecule has 1 aromatic rings. The normalized spacial score (nSPS) is 19.7. The van der Waals surface area contributed by atoms with Crippen LogP contribution in [-0.2, 0) is 24.2 Å². The largest absolute Gasteiger partial charge is 0.490 e. The van der Waals surface area contributed by atoms with Crippen molar-refractivity contribution in [3.05, 3.63) is 35.6 Å². The predicted octanol–water partition coefficient (Wildman–Crippen LogP) is 4.95. The van der Waals surface area contributed by atoms with Gasteiger partial charge in [-0.1, -0.05) is 12.1 Å². The lowest BCUT2D eigenvalue weighted by molar-refractivity contribution is 0.00351. The zero-order chi connectivity index (χ0) is 23.7. The van der Waals surface area contributed by atoms with Crippen LogP contribution in [0.2, 0.25) is 0 Å². The Kier molecular flexibility index (Phi) is 7.51. The monoisotopic (exact) mass is 437 g/mol. The Morgan fingerprint density at radius 1 is 1.06 bits per heavy atom. The van der Waals surface area contributed by atoms with Gasteiger partial charge in [0.15, 0.2) is 0 Å². The minimum atomic E-state index is -1.07. The van der Waals surface area contributed by atoms with Gasteiger partial charge < -0.3 is 18.8 Å². The summed E-state index contributed by atoms with van der Waals surface area (Å²) < 4.78 is 37.5. The van der Waals surface area contributed by atoms with Gasteiger partial charge >= 0.3 is 13.2 Å². The van der Waals surface area contributed by atoms with Crippen LogP contribution in [0, 0.1) is 5.82 Å². The molecular formula is C23H37BFNO5. The van der Waals surface area contributed by atoms with E-state index >= 15 is 0 Å². The van der Waals surface area contributed by atoms with Crippen LogP contribution in [0.25, 0.3) is 0 Å². The molecule has 0 N–H and O–H groups in total. The molecule has 0 radical (unpaired) electrons. The first-order valence-corrected chi connectivity index (χ1v) is 10.8. The SMILES string of the molecule is COCCCN(C(=O)OC(C)(C)C)[C@](C)(B1OC(C)(C)C(C)(C)O1)c1ccc(F)cc1. The van der Waals surface area contributed by atoms with E-state index < -0.39 is 35.5 Å². The standard InChI is InChI=1S/C23H37BFNO5/c1-20(2,3)29-19(27)26(15-10-16-28-9)23(8,17-11-13-18(25)14-12-17)24-30-21(4,5)22(6,7)31-24/h11-14H,10,15-16H2,1-9H3/t23-/m0/s1. The molecule has 6 nitrogen and oxygen atoms in total. The molecule has 1 heterocycles. The fraction of sp³-hybridized carbons (Fsp3) is 0.696. The lowest BCUT2D eigenvalue weighted by Crippen LogP contribution is -2.59. The van der Waals surface area contributed by atoms with E-state index in [1.165, 1.54) is 12.1 Å². The topological polar surface area (TPSA) is 57.2 Å². The molecule has 1 saturated heterocycles. The number of halogens is 1. The van der Waals surface area contributed by atoms with Gasteiger partial charge in [0.25, 0.3) is 0 Å². The summed E-state index contributed by atoms with van der Waals surface area (Å²) in [6.07, 6.45) is 0.0941. The number of rotatable bonds is 7. The molecule has 0 bridgehead atoms. The van der Waals surface area contributed by atoms with E-state index in [-0.39, 0.29) is 5.82 Å². The predicted molar refractivity (Wildman–Crippen MR) is 119 cm³/mol. The zero-order valence-corrected chi connectivity index (χ0v) is 20.4. The average Bonchev–Trinajstić information content (AvgIpc) is 2.85. The molecule has 0 saturated carbocycles. The summed E-state index contributed by atoms with van der Waals surface area (Å²) in [5.74, 6) is -0.358. The zero-order valence-electron chi connectivity index (χ0n) is 20.4. The fourth-order valence-corrected chi connectivity index (χ4v) is 3.48. The average molecular weight is 437 g/mol. The molecule has 8 heteroatoms. The number of methoxy groups -OCH3 is 1. The summed E-state index contributed by atoms with van der Waals surface area (Å²) in [6.45, 7) is 16.0. The van der Waals surface area contributed by atoms with E-state index in [1.807, 2.05) is 55.4 Å². The highest BCUT2D eigenvalue weighted by atomic mass is 19.1. The van der Waals surface area contributed by atoms with Crippen LogP contribution in [-0.4, -0.2) is 55.2 Å². The molecule has 1 aliphatic rings. The van der Waals surface area contributed by atoms with Gasteiger partial charge in [0.1, 0.15) is 16.9 Å². The summed E-state index contributed by atoms with van der Waals surface area (Å²) in [4.78, 5) is 15.0. The highest BCUT2D eigenvalue weighted by Gasteiger charge is 2.61. The molecular weight excluding hydrogens is 400 g/mol. The van der Waals surface area contributed by atoms with E-state index in [2.05, 4.69) is 0 Å². The van der Waals surface area contributed by atoms with Crippen LogP contribution in [0.3, 0.4) is 0 Å². The number of hydrogen-bond donors (Lipinski definition) is 0. The Bertz CT molecular complexity index is 746. The third kappa shape index (κ3) is 5.59. The number of benzene rings is 1. The summed E-state index contributed by atoms with van der Waals surface area (Å²) in [5, 5.41) is 0. The van der Waals surface area contributed by atoms with Gasteiger partial charge in [-0.3, -0.25) is 4.90 Å². The number of amides is 1. The van der Waals surface area contributed by atoms with Gasteiger partial charge in [-0.2, -0.15) is 0 Å². The van der Waals surface area contributed by atoms with Gasteiger partial charge in [0, 0.05) is 20.3 Å². The third-order valence-corrected chi connectivity index (χ3v) is 6.05. The molecule has 1 amide bonds. The number of carbonyl (C=O) groups excluding carboxylic acids is 1. The van der Waals surface area contributed by atoms with Gasteiger partial charge in [-0.05, 0) is 79.5 Å². The van der Waals surface area contributed by atoms with Crippen molar-refractivity contribution in [3.63, 3.8) is 0 Å². The Hall–Kier alpha value is -1.64. The second-order valence-electron chi connectivity index (χ2n) is 10.2. The van der Waals surface area contributed by atoms with Gasteiger partial charge in [-0.15, -0.1) is 0 Å². The van der Waals surface area contributed by atoms with E-state index in [4.69, 9.17) is 18.8 Å². The quantitative estimate of drug-likeness (QED) is 0.447. The Balaban J connectivity index is 2.58. The van der Waals surface area contributed by atoms with Gasteiger partial charge in [0.2, 0.25) is 0 Å². The fourth-order valence-electron chi connectivity index (χ4n) is 3.48.